The summed E-state index contributed by atoms with van der Waals surface area (Å²) in [7, 11) is 4.21. The first-order chi connectivity index (χ1) is 12.1. The number of aryl methyl sites for hydroxylation is 1. The van der Waals surface area contributed by atoms with Crippen LogP contribution in [-0.2, 0) is 13.6 Å². The van der Waals surface area contributed by atoms with E-state index in [-0.39, 0.29) is 24.0 Å². The summed E-state index contributed by atoms with van der Waals surface area (Å²) in [5.74, 6) is 1.93. The van der Waals surface area contributed by atoms with Gasteiger partial charge in [-0.1, -0.05) is 6.92 Å². The van der Waals surface area contributed by atoms with Crippen LogP contribution in [0.1, 0.15) is 45.2 Å². The van der Waals surface area contributed by atoms with Crippen molar-refractivity contribution in [1.82, 2.24) is 19.7 Å². The SMILES string of the molecule is CCNC(=NCCCCN1CCC(C)CC1)N(C)Cc1cccn1C.I. The summed E-state index contributed by atoms with van der Waals surface area (Å²) in [5.41, 5.74) is 1.30. The van der Waals surface area contributed by atoms with Crippen LogP contribution in [0, 0.1) is 5.92 Å². The van der Waals surface area contributed by atoms with Crippen molar-refractivity contribution in [3.8, 4) is 0 Å². The zero-order valence-electron chi connectivity index (χ0n) is 17.1. The summed E-state index contributed by atoms with van der Waals surface area (Å²) in [6, 6.07) is 4.26. The molecular formula is C20H38IN5. The second kappa shape index (κ2) is 12.6. The van der Waals surface area contributed by atoms with Crippen LogP contribution in [0.5, 0.6) is 0 Å². The lowest BCUT2D eigenvalue weighted by molar-refractivity contribution is 0.190. The van der Waals surface area contributed by atoms with E-state index in [1.54, 1.807) is 0 Å². The molecule has 1 aliphatic rings. The number of nitrogens with one attached hydrogen (secondary N) is 1. The molecule has 2 heterocycles. The first-order valence-electron chi connectivity index (χ1n) is 9.92. The zero-order chi connectivity index (χ0) is 18.1. The highest BCUT2D eigenvalue weighted by atomic mass is 127. The van der Waals surface area contributed by atoms with E-state index >= 15 is 0 Å². The Labute approximate surface area is 177 Å². The van der Waals surface area contributed by atoms with Crippen LogP contribution in [-0.4, -0.2) is 60.1 Å². The van der Waals surface area contributed by atoms with Gasteiger partial charge in [0.2, 0.25) is 0 Å². The van der Waals surface area contributed by atoms with Crippen LogP contribution in [0.25, 0.3) is 0 Å². The predicted octanol–water partition coefficient (Wildman–Crippen LogP) is 3.55. The molecule has 26 heavy (non-hydrogen) atoms. The van der Waals surface area contributed by atoms with Crippen molar-refractivity contribution in [3.63, 3.8) is 0 Å². The van der Waals surface area contributed by atoms with Gasteiger partial charge in [0.05, 0.1) is 6.54 Å². The van der Waals surface area contributed by atoms with Crippen molar-refractivity contribution in [2.45, 2.75) is 46.1 Å². The molecule has 6 heteroatoms. The highest BCUT2D eigenvalue weighted by molar-refractivity contribution is 14.0. The number of likely N-dealkylation sites (tertiary alicyclic amines) is 1. The van der Waals surface area contributed by atoms with Crippen molar-refractivity contribution in [2.24, 2.45) is 18.0 Å². The number of guanidine groups is 1. The number of hydrogen-bond acceptors (Lipinski definition) is 2. The summed E-state index contributed by atoms with van der Waals surface area (Å²) in [6.45, 7) is 11.0. The number of halogens is 1. The molecule has 0 bridgehead atoms. The van der Waals surface area contributed by atoms with Crippen LogP contribution in [0.15, 0.2) is 23.3 Å². The van der Waals surface area contributed by atoms with E-state index in [9.17, 15) is 0 Å². The number of piperidine rings is 1. The standard InChI is InChI=1S/C20H37N5.HI/c1-5-21-20(24(4)17-19-9-8-13-23(19)3)22-12-6-7-14-25-15-10-18(2)11-16-25;/h8-9,13,18H,5-7,10-12,14-17H2,1-4H3,(H,21,22);1H. The van der Waals surface area contributed by atoms with Gasteiger partial charge in [-0.2, -0.15) is 0 Å². The number of hydrogen-bond donors (Lipinski definition) is 1. The Morgan fingerprint density at radius 2 is 2.04 bits per heavy atom. The lowest BCUT2D eigenvalue weighted by atomic mass is 9.99. The molecule has 0 atom stereocenters. The lowest BCUT2D eigenvalue weighted by Crippen LogP contribution is -2.39. The quantitative estimate of drug-likeness (QED) is 0.270. The number of nitrogens with zero attached hydrogens (tertiary/aromatic N) is 4. The topological polar surface area (TPSA) is 35.8 Å². The van der Waals surface area contributed by atoms with Gasteiger partial charge in [-0.05, 0) is 70.3 Å². The third-order valence-electron chi connectivity index (χ3n) is 5.17. The summed E-state index contributed by atoms with van der Waals surface area (Å²) in [4.78, 5) is 9.66. The van der Waals surface area contributed by atoms with Crippen molar-refractivity contribution >= 4 is 29.9 Å². The van der Waals surface area contributed by atoms with Crippen molar-refractivity contribution < 1.29 is 0 Å². The van der Waals surface area contributed by atoms with Gasteiger partial charge in [0, 0.05) is 39.1 Å². The van der Waals surface area contributed by atoms with E-state index in [0.717, 1.165) is 31.5 Å². The molecule has 0 spiro atoms. The molecule has 1 saturated heterocycles. The number of aromatic nitrogens is 1. The highest BCUT2D eigenvalue weighted by Crippen LogP contribution is 2.16. The Morgan fingerprint density at radius 1 is 1.31 bits per heavy atom. The first-order valence-corrected chi connectivity index (χ1v) is 9.92. The molecule has 0 aliphatic carbocycles. The fraction of sp³-hybridized carbons (Fsp3) is 0.750. The van der Waals surface area contributed by atoms with Crippen LogP contribution in [0.4, 0.5) is 0 Å². The van der Waals surface area contributed by atoms with Crippen molar-refractivity contribution in [3.05, 3.63) is 24.0 Å². The first kappa shape index (κ1) is 23.3. The second-order valence-electron chi connectivity index (χ2n) is 7.43. The molecular weight excluding hydrogens is 437 g/mol. The Morgan fingerprint density at radius 3 is 2.65 bits per heavy atom. The molecule has 1 aromatic heterocycles. The molecule has 0 amide bonds. The number of aliphatic imine (C=N–C) groups is 1. The largest absolute Gasteiger partial charge is 0.357 e. The van der Waals surface area contributed by atoms with Gasteiger partial charge in [-0.3, -0.25) is 4.99 Å². The summed E-state index contributed by atoms with van der Waals surface area (Å²) in [5, 5.41) is 3.42. The lowest BCUT2D eigenvalue weighted by Gasteiger charge is -2.30. The molecule has 5 nitrogen and oxygen atoms in total. The smallest absolute Gasteiger partial charge is 0.194 e. The fourth-order valence-corrected chi connectivity index (χ4v) is 3.37. The minimum Gasteiger partial charge on any atom is -0.357 e. The Kier molecular flexibility index (Phi) is 11.3. The number of rotatable bonds is 8. The van der Waals surface area contributed by atoms with Gasteiger partial charge in [0.1, 0.15) is 0 Å². The summed E-state index contributed by atoms with van der Waals surface area (Å²) in [6.07, 6.45) is 7.24. The fourth-order valence-electron chi connectivity index (χ4n) is 3.37. The van der Waals surface area contributed by atoms with E-state index in [0.29, 0.717) is 0 Å². The maximum absolute atomic E-state index is 4.82. The van der Waals surface area contributed by atoms with Gasteiger partial charge in [0.15, 0.2) is 5.96 Å². The molecule has 2 rings (SSSR count). The van der Waals surface area contributed by atoms with E-state index < -0.39 is 0 Å². The van der Waals surface area contributed by atoms with E-state index in [1.807, 2.05) is 0 Å². The summed E-state index contributed by atoms with van der Waals surface area (Å²) < 4.78 is 2.17. The molecule has 0 saturated carbocycles. The Bertz CT molecular complexity index is 520. The molecule has 0 aromatic carbocycles. The normalized spacial score (nSPS) is 16.4. The minimum absolute atomic E-state index is 0. The maximum atomic E-state index is 4.82. The highest BCUT2D eigenvalue weighted by Gasteiger charge is 2.14. The van der Waals surface area contributed by atoms with Gasteiger partial charge in [-0.25, -0.2) is 0 Å². The summed E-state index contributed by atoms with van der Waals surface area (Å²) >= 11 is 0. The van der Waals surface area contributed by atoms with Crippen molar-refractivity contribution in [2.75, 3.05) is 39.8 Å². The van der Waals surface area contributed by atoms with E-state index in [2.05, 4.69) is 66.0 Å². The molecule has 1 N–H and O–H groups in total. The molecule has 0 unspecified atom stereocenters. The van der Waals surface area contributed by atoms with Gasteiger partial charge < -0.3 is 19.7 Å². The van der Waals surface area contributed by atoms with Crippen LogP contribution in [0.3, 0.4) is 0 Å². The predicted molar refractivity (Wildman–Crippen MR) is 122 cm³/mol. The monoisotopic (exact) mass is 475 g/mol. The van der Waals surface area contributed by atoms with Gasteiger partial charge in [-0.15, -0.1) is 24.0 Å². The maximum Gasteiger partial charge on any atom is 0.194 e. The molecule has 0 radical (unpaired) electrons. The second-order valence-corrected chi connectivity index (χ2v) is 7.43. The average Bonchev–Trinajstić information content (AvgIpc) is 3.00. The Hall–Kier alpha value is -0.760. The van der Waals surface area contributed by atoms with E-state index in [4.69, 9.17) is 4.99 Å². The third kappa shape index (κ3) is 7.86. The molecule has 1 aliphatic heterocycles. The van der Waals surface area contributed by atoms with E-state index in [1.165, 1.54) is 51.0 Å². The van der Waals surface area contributed by atoms with Crippen LogP contribution >= 0.6 is 24.0 Å². The third-order valence-corrected chi connectivity index (χ3v) is 5.17. The molecule has 1 aromatic rings. The van der Waals surface area contributed by atoms with Crippen LogP contribution < -0.4 is 5.32 Å². The zero-order valence-corrected chi connectivity index (χ0v) is 19.4. The average molecular weight is 475 g/mol. The molecule has 1 fully saturated rings. The number of unbranched alkanes of at least 4 members (excludes halogenated alkanes) is 1. The minimum atomic E-state index is 0. The molecule has 150 valence electrons. The van der Waals surface area contributed by atoms with Crippen molar-refractivity contribution in [1.29, 1.82) is 0 Å². The van der Waals surface area contributed by atoms with Crippen LogP contribution in [0.2, 0.25) is 0 Å². The van der Waals surface area contributed by atoms with Gasteiger partial charge in [0.25, 0.3) is 0 Å². The Balaban J connectivity index is 0.00000338. The van der Waals surface area contributed by atoms with Gasteiger partial charge >= 0.3 is 0 Å².